The fraction of sp³-hybridized carbons (Fsp3) is 0.583. The van der Waals surface area contributed by atoms with E-state index in [0.717, 1.165) is 17.1 Å². The Labute approximate surface area is 99.8 Å². The molecule has 2 nitrogen and oxygen atoms in total. The topological polar surface area (TPSA) is 16.1 Å². The molecule has 2 heterocycles. The van der Waals surface area contributed by atoms with Crippen molar-refractivity contribution in [3.05, 3.63) is 28.5 Å². The number of rotatable bonds is 2. The number of aromatic nitrogens is 1. The molecule has 1 atom stereocenters. The standard InChI is InChI=1S/C12H17BrN2/c1-10-4-2-3-5-15(10)9-11-6-12(13)8-14-7-11/h6-8,10H,2-5,9H2,1H3. The summed E-state index contributed by atoms with van der Waals surface area (Å²) in [6, 6.07) is 2.88. The Morgan fingerprint density at radius 3 is 3.07 bits per heavy atom. The summed E-state index contributed by atoms with van der Waals surface area (Å²) in [6.45, 7) is 4.59. The van der Waals surface area contributed by atoms with E-state index in [0.29, 0.717) is 0 Å². The van der Waals surface area contributed by atoms with E-state index in [1.165, 1.54) is 31.4 Å². The van der Waals surface area contributed by atoms with E-state index in [9.17, 15) is 0 Å². The molecule has 1 saturated heterocycles. The first-order valence-corrected chi connectivity index (χ1v) is 6.38. The van der Waals surface area contributed by atoms with Crippen molar-refractivity contribution in [3.8, 4) is 0 Å². The zero-order valence-corrected chi connectivity index (χ0v) is 10.7. The number of hydrogen-bond donors (Lipinski definition) is 0. The molecule has 2 rings (SSSR count). The van der Waals surface area contributed by atoms with Crippen molar-refractivity contribution in [2.75, 3.05) is 6.54 Å². The van der Waals surface area contributed by atoms with Crippen LogP contribution < -0.4 is 0 Å². The van der Waals surface area contributed by atoms with Crippen molar-refractivity contribution in [1.29, 1.82) is 0 Å². The Bertz CT molecular complexity index is 327. The van der Waals surface area contributed by atoms with E-state index >= 15 is 0 Å². The first kappa shape index (κ1) is 11.1. The molecular formula is C12H17BrN2. The van der Waals surface area contributed by atoms with Crippen LogP contribution in [0.3, 0.4) is 0 Å². The minimum atomic E-state index is 0.720. The van der Waals surface area contributed by atoms with Crippen LogP contribution in [0.25, 0.3) is 0 Å². The first-order chi connectivity index (χ1) is 7.25. The average molecular weight is 269 g/mol. The molecule has 0 aliphatic carbocycles. The molecule has 0 N–H and O–H groups in total. The molecule has 1 aliphatic heterocycles. The molecule has 0 saturated carbocycles. The van der Waals surface area contributed by atoms with E-state index in [4.69, 9.17) is 0 Å². The van der Waals surface area contributed by atoms with Gasteiger partial charge in [0.05, 0.1) is 0 Å². The molecule has 1 aromatic heterocycles. The lowest BCUT2D eigenvalue weighted by Gasteiger charge is -2.33. The van der Waals surface area contributed by atoms with Gasteiger partial charge >= 0.3 is 0 Å². The quantitative estimate of drug-likeness (QED) is 0.819. The van der Waals surface area contributed by atoms with Crippen molar-refractivity contribution in [2.24, 2.45) is 0 Å². The van der Waals surface area contributed by atoms with Crippen LogP contribution in [0, 0.1) is 0 Å². The molecule has 0 radical (unpaired) electrons. The van der Waals surface area contributed by atoms with Gasteiger partial charge in [-0.3, -0.25) is 9.88 Å². The molecule has 15 heavy (non-hydrogen) atoms. The molecule has 1 aromatic rings. The van der Waals surface area contributed by atoms with Crippen LogP contribution in [0.15, 0.2) is 22.9 Å². The summed E-state index contributed by atoms with van der Waals surface area (Å²) in [6.07, 6.45) is 7.86. The highest BCUT2D eigenvalue weighted by molar-refractivity contribution is 9.10. The summed E-state index contributed by atoms with van der Waals surface area (Å²) >= 11 is 3.46. The number of likely N-dealkylation sites (tertiary alicyclic amines) is 1. The minimum Gasteiger partial charge on any atom is -0.296 e. The number of halogens is 1. The molecule has 1 aliphatic rings. The van der Waals surface area contributed by atoms with Crippen molar-refractivity contribution < 1.29 is 0 Å². The van der Waals surface area contributed by atoms with Gasteiger partial charge in [0.25, 0.3) is 0 Å². The van der Waals surface area contributed by atoms with Crippen molar-refractivity contribution in [1.82, 2.24) is 9.88 Å². The zero-order chi connectivity index (χ0) is 10.7. The molecule has 1 unspecified atom stereocenters. The fourth-order valence-corrected chi connectivity index (χ4v) is 2.58. The molecule has 0 bridgehead atoms. The smallest absolute Gasteiger partial charge is 0.0410 e. The van der Waals surface area contributed by atoms with Crippen molar-refractivity contribution in [3.63, 3.8) is 0 Å². The van der Waals surface area contributed by atoms with Crippen LogP contribution in [0.5, 0.6) is 0 Å². The maximum Gasteiger partial charge on any atom is 0.0410 e. The van der Waals surface area contributed by atoms with Crippen LogP contribution in [0.4, 0.5) is 0 Å². The van der Waals surface area contributed by atoms with Gasteiger partial charge in [0, 0.05) is 29.5 Å². The third-order valence-electron chi connectivity index (χ3n) is 3.09. The van der Waals surface area contributed by atoms with E-state index in [2.05, 4.69) is 38.8 Å². The first-order valence-electron chi connectivity index (χ1n) is 5.59. The highest BCUT2D eigenvalue weighted by Gasteiger charge is 2.17. The molecule has 3 heteroatoms. The lowest BCUT2D eigenvalue weighted by molar-refractivity contribution is 0.152. The number of piperidine rings is 1. The lowest BCUT2D eigenvalue weighted by Crippen LogP contribution is -2.36. The third-order valence-corrected chi connectivity index (χ3v) is 3.52. The maximum absolute atomic E-state index is 4.20. The van der Waals surface area contributed by atoms with E-state index < -0.39 is 0 Å². The van der Waals surface area contributed by atoms with Gasteiger partial charge < -0.3 is 0 Å². The van der Waals surface area contributed by atoms with E-state index in [1.54, 1.807) is 0 Å². The van der Waals surface area contributed by atoms with Crippen LogP contribution >= 0.6 is 15.9 Å². The van der Waals surface area contributed by atoms with Crippen molar-refractivity contribution in [2.45, 2.75) is 38.8 Å². The van der Waals surface area contributed by atoms with Crippen LogP contribution in [0.1, 0.15) is 31.7 Å². The van der Waals surface area contributed by atoms with Gasteiger partial charge in [0.1, 0.15) is 0 Å². The molecule has 0 aromatic carbocycles. The van der Waals surface area contributed by atoms with Crippen LogP contribution in [-0.4, -0.2) is 22.5 Å². The van der Waals surface area contributed by atoms with Gasteiger partial charge in [-0.2, -0.15) is 0 Å². The summed E-state index contributed by atoms with van der Waals surface area (Å²) in [5.41, 5.74) is 1.30. The number of hydrogen-bond acceptors (Lipinski definition) is 2. The lowest BCUT2D eigenvalue weighted by atomic mass is 10.0. The second-order valence-electron chi connectivity index (χ2n) is 4.33. The highest BCUT2D eigenvalue weighted by Crippen LogP contribution is 2.19. The molecule has 0 amide bonds. The average Bonchev–Trinajstić information content (AvgIpc) is 2.22. The zero-order valence-electron chi connectivity index (χ0n) is 9.12. The molecular weight excluding hydrogens is 252 g/mol. The minimum absolute atomic E-state index is 0.720. The highest BCUT2D eigenvalue weighted by atomic mass is 79.9. The van der Waals surface area contributed by atoms with Gasteiger partial charge in [-0.1, -0.05) is 6.42 Å². The Balaban J connectivity index is 2.01. The Morgan fingerprint density at radius 2 is 2.33 bits per heavy atom. The number of nitrogens with zero attached hydrogens (tertiary/aromatic N) is 2. The van der Waals surface area contributed by atoms with Crippen molar-refractivity contribution >= 4 is 15.9 Å². The number of pyridine rings is 1. The predicted octanol–water partition coefficient (Wildman–Crippen LogP) is 3.22. The second kappa shape index (κ2) is 5.08. The Kier molecular flexibility index (Phi) is 3.76. The summed E-state index contributed by atoms with van der Waals surface area (Å²) in [5, 5.41) is 0. The monoisotopic (exact) mass is 268 g/mol. The van der Waals surface area contributed by atoms with Gasteiger partial charge in [-0.25, -0.2) is 0 Å². The normalized spacial score (nSPS) is 22.9. The van der Waals surface area contributed by atoms with E-state index in [-0.39, 0.29) is 0 Å². The Hall–Kier alpha value is -0.410. The largest absolute Gasteiger partial charge is 0.296 e. The van der Waals surface area contributed by atoms with Gasteiger partial charge in [-0.05, 0) is 53.9 Å². The van der Waals surface area contributed by atoms with E-state index in [1.807, 2.05) is 12.4 Å². The maximum atomic E-state index is 4.20. The van der Waals surface area contributed by atoms with Crippen LogP contribution in [0.2, 0.25) is 0 Å². The van der Waals surface area contributed by atoms with Gasteiger partial charge in [0.15, 0.2) is 0 Å². The third kappa shape index (κ3) is 3.02. The van der Waals surface area contributed by atoms with Gasteiger partial charge in [0.2, 0.25) is 0 Å². The van der Waals surface area contributed by atoms with Crippen LogP contribution in [-0.2, 0) is 6.54 Å². The fourth-order valence-electron chi connectivity index (χ4n) is 2.17. The Morgan fingerprint density at radius 1 is 1.47 bits per heavy atom. The summed E-state index contributed by atoms with van der Waals surface area (Å²) in [5.74, 6) is 0. The second-order valence-corrected chi connectivity index (χ2v) is 5.24. The van der Waals surface area contributed by atoms with Gasteiger partial charge in [-0.15, -0.1) is 0 Å². The summed E-state index contributed by atoms with van der Waals surface area (Å²) < 4.78 is 1.07. The summed E-state index contributed by atoms with van der Waals surface area (Å²) in [7, 11) is 0. The summed E-state index contributed by atoms with van der Waals surface area (Å²) in [4.78, 5) is 6.75. The molecule has 0 spiro atoms. The molecule has 1 fully saturated rings. The SMILES string of the molecule is CC1CCCCN1Cc1cncc(Br)c1. The predicted molar refractivity (Wildman–Crippen MR) is 65.7 cm³/mol. The molecule has 82 valence electrons.